The number of fused-ring (bicyclic) bond motifs is 1. The number of aromatic nitrogens is 2. The maximum atomic E-state index is 13.9. The molecule has 3 aromatic rings. The summed E-state index contributed by atoms with van der Waals surface area (Å²) in [5.41, 5.74) is 3.11. The van der Waals surface area contributed by atoms with Crippen molar-refractivity contribution in [2.75, 3.05) is 20.2 Å². The Balaban J connectivity index is 1.48. The molecule has 0 bridgehead atoms. The highest BCUT2D eigenvalue weighted by Gasteiger charge is 2.50. The van der Waals surface area contributed by atoms with E-state index in [9.17, 15) is 14.3 Å². The van der Waals surface area contributed by atoms with Crippen LogP contribution in [-0.4, -0.2) is 51.7 Å². The highest BCUT2D eigenvalue weighted by molar-refractivity contribution is 5.97. The van der Waals surface area contributed by atoms with Crippen molar-refractivity contribution in [1.29, 1.82) is 0 Å². The number of hydrogen-bond donors (Lipinski definition) is 2. The summed E-state index contributed by atoms with van der Waals surface area (Å²) in [5.74, 6) is 0.0934. The van der Waals surface area contributed by atoms with E-state index in [1.807, 2.05) is 18.2 Å². The lowest BCUT2D eigenvalue weighted by Gasteiger charge is -2.28. The number of nitrogens with one attached hydrogen (secondary N) is 1. The van der Waals surface area contributed by atoms with Gasteiger partial charge >= 0.3 is 0 Å². The van der Waals surface area contributed by atoms with Gasteiger partial charge in [0, 0.05) is 35.9 Å². The smallest absolute Gasteiger partial charge is 0.254 e. The number of amides is 1. The Morgan fingerprint density at radius 2 is 2.10 bits per heavy atom. The highest BCUT2D eigenvalue weighted by Crippen LogP contribution is 2.39. The van der Waals surface area contributed by atoms with Crippen molar-refractivity contribution in [2.45, 2.75) is 24.9 Å². The number of rotatable bonds is 4. The zero-order valence-corrected chi connectivity index (χ0v) is 16.6. The van der Waals surface area contributed by atoms with Crippen molar-refractivity contribution in [1.82, 2.24) is 14.9 Å². The second kappa shape index (κ2) is 6.95. The number of hydrogen-bond acceptors (Lipinski definition) is 4. The van der Waals surface area contributed by atoms with E-state index in [1.165, 1.54) is 12.1 Å². The SMILES string of the molecule is COc1ccc(F)cc1-c1ccnc2[nH]c(C3=CCN(C(=O)C4(O)CC4)CC3)cc12. The summed E-state index contributed by atoms with van der Waals surface area (Å²) in [6.45, 7) is 1.05. The van der Waals surface area contributed by atoms with Gasteiger partial charge in [0.05, 0.1) is 7.11 Å². The molecule has 1 saturated carbocycles. The fourth-order valence-corrected chi connectivity index (χ4v) is 4.05. The van der Waals surface area contributed by atoms with Crippen LogP contribution >= 0.6 is 0 Å². The van der Waals surface area contributed by atoms with Gasteiger partial charge in [-0.1, -0.05) is 6.08 Å². The molecule has 0 spiro atoms. The molecule has 1 aliphatic carbocycles. The van der Waals surface area contributed by atoms with Crippen LogP contribution in [0.2, 0.25) is 0 Å². The van der Waals surface area contributed by atoms with Gasteiger partial charge in [-0.2, -0.15) is 0 Å². The van der Waals surface area contributed by atoms with Crippen molar-refractivity contribution in [2.24, 2.45) is 0 Å². The number of methoxy groups -OCH3 is 1. The number of H-pyrrole nitrogens is 1. The zero-order chi connectivity index (χ0) is 20.9. The van der Waals surface area contributed by atoms with Gasteiger partial charge in [-0.05, 0) is 60.7 Å². The highest BCUT2D eigenvalue weighted by atomic mass is 19.1. The molecule has 6 nitrogen and oxygen atoms in total. The maximum Gasteiger partial charge on any atom is 0.254 e. The maximum absolute atomic E-state index is 13.9. The molecular weight excluding hydrogens is 385 g/mol. The minimum absolute atomic E-state index is 0.170. The van der Waals surface area contributed by atoms with Crippen molar-refractivity contribution >= 4 is 22.5 Å². The fourth-order valence-electron chi connectivity index (χ4n) is 4.05. The van der Waals surface area contributed by atoms with Crippen LogP contribution in [0.5, 0.6) is 5.75 Å². The molecule has 0 atom stereocenters. The number of halogens is 1. The Morgan fingerprint density at radius 3 is 2.80 bits per heavy atom. The van der Waals surface area contributed by atoms with Gasteiger partial charge in [-0.3, -0.25) is 4.79 Å². The van der Waals surface area contributed by atoms with Gasteiger partial charge in [0.1, 0.15) is 22.8 Å². The molecule has 30 heavy (non-hydrogen) atoms. The third-order valence-electron chi connectivity index (χ3n) is 5.95. The van der Waals surface area contributed by atoms with Crippen LogP contribution in [0.25, 0.3) is 27.7 Å². The first-order valence-electron chi connectivity index (χ1n) is 10.0. The van der Waals surface area contributed by atoms with E-state index in [1.54, 1.807) is 24.3 Å². The molecule has 2 aromatic heterocycles. The molecule has 1 aromatic carbocycles. The molecule has 2 N–H and O–H groups in total. The Kier molecular flexibility index (Phi) is 4.36. The van der Waals surface area contributed by atoms with Gasteiger partial charge in [0.25, 0.3) is 5.91 Å². The molecule has 1 amide bonds. The molecule has 154 valence electrons. The number of ether oxygens (including phenoxy) is 1. The molecule has 1 fully saturated rings. The number of nitrogens with zero attached hydrogens (tertiary/aromatic N) is 2. The Hall–Kier alpha value is -3.19. The third-order valence-corrected chi connectivity index (χ3v) is 5.95. The van der Waals surface area contributed by atoms with E-state index in [0.29, 0.717) is 49.3 Å². The lowest BCUT2D eigenvalue weighted by atomic mass is 10.0. The Morgan fingerprint density at radius 1 is 1.27 bits per heavy atom. The Bertz CT molecular complexity index is 1180. The van der Waals surface area contributed by atoms with Crippen LogP contribution in [0.4, 0.5) is 4.39 Å². The minimum Gasteiger partial charge on any atom is -0.496 e. The number of aromatic amines is 1. The number of pyridine rings is 1. The lowest BCUT2D eigenvalue weighted by molar-refractivity contribution is -0.142. The van der Waals surface area contributed by atoms with Gasteiger partial charge in [0.2, 0.25) is 0 Å². The summed E-state index contributed by atoms with van der Waals surface area (Å²) in [6.07, 6.45) is 5.50. The van der Waals surface area contributed by atoms with E-state index < -0.39 is 5.60 Å². The van der Waals surface area contributed by atoms with Crippen molar-refractivity contribution < 1.29 is 19.0 Å². The first-order chi connectivity index (χ1) is 14.5. The topological polar surface area (TPSA) is 78.5 Å². The van der Waals surface area contributed by atoms with Crippen LogP contribution in [0, 0.1) is 5.82 Å². The monoisotopic (exact) mass is 407 g/mol. The molecule has 2 aliphatic rings. The molecule has 1 aliphatic heterocycles. The van der Waals surface area contributed by atoms with E-state index in [0.717, 1.165) is 22.2 Å². The fraction of sp³-hybridized carbons (Fsp3) is 0.304. The first kappa shape index (κ1) is 18.8. The van der Waals surface area contributed by atoms with Gasteiger partial charge in [-0.25, -0.2) is 9.37 Å². The van der Waals surface area contributed by atoms with E-state index >= 15 is 0 Å². The van der Waals surface area contributed by atoms with E-state index in [4.69, 9.17) is 4.74 Å². The lowest BCUT2D eigenvalue weighted by Crippen LogP contribution is -2.42. The van der Waals surface area contributed by atoms with Crippen LogP contribution in [-0.2, 0) is 4.79 Å². The number of carbonyl (C=O) groups excluding carboxylic acids is 1. The number of aliphatic hydroxyl groups is 1. The van der Waals surface area contributed by atoms with Crippen LogP contribution in [0.3, 0.4) is 0 Å². The standard InChI is InChI=1S/C23H22FN3O3/c1-30-20-3-2-15(24)12-17(20)16-4-9-25-21-18(16)13-19(26-21)14-5-10-27(11-6-14)22(28)23(29)7-8-23/h2-5,9,12-13,29H,6-8,10-11H2,1H3,(H,25,26). The second-order valence-electron chi connectivity index (χ2n) is 7.91. The van der Waals surface area contributed by atoms with Crippen molar-refractivity contribution in [3.63, 3.8) is 0 Å². The van der Waals surface area contributed by atoms with Crippen LogP contribution in [0.15, 0.2) is 42.6 Å². The molecule has 0 radical (unpaired) electrons. The van der Waals surface area contributed by atoms with Crippen LogP contribution < -0.4 is 4.74 Å². The number of benzene rings is 1. The summed E-state index contributed by atoms with van der Waals surface area (Å²) >= 11 is 0. The molecule has 5 rings (SSSR count). The van der Waals surface area contributed by atoms with Gasteiger partial charge in [-0.15, -0.1) is 0 Å². The third kappa shape index (κ3) is 3.15. The normalized spacial score (nSPS) is 17.7. The van der Waals surface area contributed by atoms with E-state index in [-0.39, 0.29) is 11.7 Å². The molecular formula is C23H22FN3O3. The zero-order valence-electron chi connectivity index (χ0n) is 16.6. The Labute approximate surface area is 173 Å². The average Bonchev–Trinajstić information content (AvgIpc) is 3.36. The van der Waals surface area contributed by atoms with Gasteiger partial charge < -0.3 is 19.7 Å². The average molecular weight is 407 g/mol. The minimum atomic E-state index is -1.13. The summed E-state index contributed by atoms with van der Waals surface area (Å²) in [4.78, 5) is 21.8. The van der Waals surface area contributed by atoms with E-state index in [2.05, 4.69) is 9.97 Å². The van der Waals surface area contributed by atoms with Crippen molar-refractivity contribution in [3.05, 3.63) is 54.1 Å². The summed E-state index contributed by atoms with van der Waals surface area (Å²) in [5, 5.41) is 10.9. The largest absolute Gasteiger partial charge is 0.496 e. The predicted molar refractivity (Wildman–Crippen MR) is 111 cm³/mol. The molecule has 0 saturated heterocycles. The quantitative estimate of drug-likeness (QED) is 0.694. The van der Waals surface area contributed by atoms with Crippen molar-refractivity contribution in [3.8, 4) is 16.9 Å². The summed E-state index contributed by atoms with van der Waals surface area (Å²) < 4.78 is 19.3. The predicted octanol–water partition coefficient (Wildman–Crippen LogP) is 3.52. The molecule has 0 unspecified atom stereocenters. The van der Waals surface area contributed by atoms with Crippen LogP contribution in [0.1, 0.15) is 25.0 Å². The first-order valence-corrected chi connectivity index (χ1v) is 10.0. The molecule has 7 heteroatoms. The summed E-state index contributed by atoms with van der Waals surface area (Å²) in [7, 11) is 1.57. The summed E-state index contributed by atoms with van der Waals surface area (Å²) in [6, 6.07) is 8.32. The second-order valence-corrected chi connectivity index (χ2v) is 7.91. The number of carbonyl (C=O) groups is 1. The molecule has 3 heterocycles. The van der Waals surface area contributed by atoms with Gasteiger partial charge in [0.15, 0.2) is 0 Å².